The van der Waals surface area contributed by atoms with Crippen LogP contribution in [-0.2, 0) is 6.42 Å². The van der Waals surface area contributed by atoms with Gasteiger partial charge in [0, 0.05) is 17.5 Å². The predicted octanol–water partition coefficient (Wildman–Crippen LogP) is 2.59. The van der Waals surface area contributed by atoms with E-state index in [1.807, 2.05) is 0 Å². The van der Waals surface area contributed by atoms with E-state index in [9.17, 15) is 9.90 Å². The van der Waals surface area contributed by atoms with Crippen molar-refractivity contribution in [1.29, 1.82) is 0 Å². The summed E-state index contributed by atoms with van der Waals surface area (Å²) in [5.41, 5.74) is 1.94. The average molecular weight is 262 g/mol. The number of carboxylic acid groups (broad SMARTS) is 1. The molecule has 0 saturated carbocycles. The summed E-state index contributed by atoms with van der Waals surface area (Å²) >= 11 is 0. The van der Waals surface area contributed by atoms with Gasteiger partial charge in [-0.15, -0.1) is 0 Å². The fourth-order valence-electron chi connectivity index (χ4n) is 1.95. The molecule has 0 unspecified atom stereocenters. The molecule has 0 bridgehead atoms. The van der Waals surface area contributed by atoms with Gasteiger partial charge in [0.1, 0.15) is 0 Å². The molecule has 0 atom stereocenters. The molecule has 2 aromatic rings. The van der Waals surface area contributed by atoms with Gasteiger partial charge in [0.2, 0.25) is 5.76 Å². The van der Waals surface area contributed by atoms with Gasteiger partial charge in [-0.2, -0.15) is 0 Å². The molecule has 19 heavy (non-hydrogen) atoms. The van der Waals surface area contributed by atoms with Crippen LogP contribution >= 0.6 is 0 Å². The first-order valence-electron chi connectivity index (χ1n) is 5.69. The van der Waals surface area contributed by atoms with Crippen LogP contribution in [-0.4, -0.2) is 23.3 Å². The van der Waals surface area contributed by atoms with Crippen LogP contribution in [0.4, 0.5) is 0 Å². The summed E-state index contributed by atoms with van der Waals surface area (Å²) < 4.78 is 10.1. The smallest absolute Gasteiger partial charge is 0.372 e. The zero-order chi connectivity index (χ0) is 14.0. The summed E-state index contributed by atoms with van der Waals surface area (Å²) in [5, 5.41) is 18.9. The Balaban J connectivity index is 2.41. The number of carbonyl (C=O) groups is 1. The largest absolute Gasteiger partial charge is 0.504 e. The van der Waals surface area contributed by atoms with Crippen molar-refractivity contribution >= 4 is 5.97 Å². The monoisotopic (exact) mass is 262 g/mol. The maximum absolute atomic E-state index is 11.0. The van der Waals surface area contributed by atoms with E-state index >= 15 is 0 Å². The Morgan fingerprint density at radius 2 is 2.05 bits per heavy atom. The standard InChI is InChI=1S/C14H14O5/c1-8-3-4-9(12(18-2)11(8)15)7-10-5-6-19-13(10)14(16)17/h3-6,15H,7H2,1-2H3,(H,16,17). The van der Waals surface area contributed by atoms with Crippen LogP contribution < -0.4 is 4.74 Å². The number of hydrogen-bond acceptors (Lipinski definition) is 4. The van der Waals surface area contributed by atoms with Gasteiger partial charge in [-0.3, -0.25) is 0 Å². The van der Waals surface area contributed by atoms with Crippen LogP contribution in [0.1, 0.15) is 27.2 Å². The van der Waals surface area contributed by atoms with E-state index in [1.54, 1.807) is 25.1 Å². The van der Waals surface area contributed by atoms with E-state index in [1.165, 1.54) is 13.4 Å². The Bertz CT molecular complexity index is 612. The third-order valence-corrected chi connectivity index (χ3v) is 2.94. The number of carboxylic acids is 1. The van der Waals surface area contributed by atoms with Gasteiger partial charge in [0.25, 0.3) is 0 Å². The molecule has 5 nitrogen and oxygen atoms in total. The minimum atomic E-state index is -1.12. The number of phenolic OH excluding ortho intramolecular Hbond substituents is 1. The van der Waals surface area contributed by atoms with Crippen LogP contribution in [0.3, 0.4) is 0 Å². The lowest BCUT2D eigenvalue weighted by Gasteiger charge is -2.11. The van der Waals surface area contributed by atoms with E-state index in [4.69, 9.17) is 14.3 Å². The highest BCUT2D eigenvalue weighted by Crippen LogP contribution is 2.34. The molecule has 5 heteroatoms. The number of ether oxygens (including phenoxy) is 1. The molecule has 0 spiro atoms. The SMILES string of the molecule is COc1c(Cc2ccoc2C(=O)O)ccc(C)c1O. The summed E-state index contributed by atoms with van der Waals surface area (Å²) in [6, 6.07) is 5.15. The molecule has 2 rings (SSSR count). The maximum atomic E-state index is 11.0. The quantitative estimate of drug-likeness (QED) is 0.885. The maximum Gasteiger partial charge on any atom is 0.372 e. The Labute approximate surface area is 110 Å². The highest BCUT2D eigenvalue weighted by molar-refractivity contribution is 5.86. The number of aromatic hydroxyl groups is 1. The van der Waals surface area contributed by atoms with Crippen molar-refractivity contribution in [1.82, 2.24) is 0 Å². The van der Waals surface area contributed by atoms with Crippen molar-refractivity contribution in [2.75, 3.05) is 7.11 Å². The molecule has 1 aromatic carbocycles. The number of hydrogen-bond donors (Lipinski definition) is 2. The third kappa shape index (κ3) is 2.40. The number of rotatable bonds is 4. The molecule has 0 saturated heterocycles. The highest BCUT2D eigenvalue weighted by Gasteiger charge is 2.17. The number of aromatic carboxylic acids is 1. The van der Waals surface area contributed by atoms with Gasteiger partial charge in [-0.1, -0.05) is 12.1 Å². The summed E-state index contributed by atoms with van der Waals surface area (Å²) in [6.45, 7) is 1.77. The molecular formula is C14H14O5. The van der Waals surface area contributed by atoms with Crippen molar-refractivity contribution in [2.24, 2.45) is 0 Å². The molecular weight excluding hydrogens is 248 g/mol. The summed E-state index contributed by atoms with van der Waals surface area (Å²) in [7, 11) is 1.46. The number of furan rings is 1. The lowest BCUT2D eigenvalue weighted by molar-refractivity contribution is 0.0661. The van der Waals surface area contributed by atoms with Crippen molar-refractivity contribution in [2.45, 2.75) is 13.3 Å². The number of methoxy groups -OCH3 is 1. The van der Waals surface area contributed by atoms with Crippen molar-refractivity contribution in [3.05, 3.63) is 46.9 Å². The second kappa shape index (κ2) is 5.06. The van der Waals surface area contributed by atoms with Gasteiger partial charge in [-0.25, -0.2) is 4.79 Å². The minimum absolute atomic E-state index is 0.0698. The second-order valence-electron chi connectivity index (χ2n) is 4.18. The van der Waals surface area contributed by atoms with Crippen molar-refractivity contribution in [3.8, 4) is 11.5 Å². The Hall–Kier alpha value is -2.43. The molecule has 0 radical (unpaired) electrons. The van der Waals surface area contributed by atoms with Gasteiger partial charge in [0.05, 0.1) is 13.4 Å². The first-order valence-corrected chi connectivity index (χ1v) is 5.69. The van der Waals surface area contributed by atoms with Crippen LogP contribution in [0.5, 0.6) is 11.5 Å². The second-order valence-corrected chi connectivity index (χ2v) is 4.18. The Morgan fingerprint density at radius 1 is 1.32 bits per heavy atom. The van der Waals surface area contributed by atoms with Gasteiger partial charge in [-0.05, 0) is 18.6 Å². The predicted molar refractivity (Wildman–Crippen MR) is 67.9 cm³/mol. The van der Waals surface area contributed by atoms with E-state index < -0.39 is 5.97 Å². The molecule has 1 aromatic heterocycles. The van der Waals surface area contributed by atoms with Crippen LogP contribution in [0.15, 0.2) is 28.9 Å². The number of benzene rings is 1. The minimum Gasteiger partial charge on any atom is -0.504 e. The van der Waals surface area contributed by atoms with E-state index in [-0.39, 0.29) is 11.5 Å². The van der Waals surface area contributed by atoms with Gasteiger partial charge in [0.15, 0.2) is 11.5 Å². The number of phenols is 1. The summed E-state index contributed by atoms with van der Waals surface area (Å²) in [6.07, 6.45) is 1.65. The zero-order valence-electron chi connectivity index (χ0n) is 10.6. The lowest BCUT2D eigenvalue weighted by atomic mass is 10.0. The van der Waals surface area contributed by atoms with Gasteiger partial charge < -0.3 is 19.4 Å². The first-order chi connectivity index (χ1) is 9.04. The molecule has 0 aliphatic carbocycles. The van der Waals surface area contributed by atoms with Crippen molar-refractivity contribution < 1.29 is 24.2 Å². The molecule has 0 aliphatic heterocycles. The van der Waals surface area contributed by atoms with Crippen LogP contribution in [0.25, 0.3) is 0 Å². The fourth-order valence-corrected chi connectivity index (χ4v) is 1.95. The Kier molecular flexibility index (Phi) is 3.46. The summed E-state index contributed by atoms with van der Waals surface area (Å²) in [4.78, 5) is 11.0. The van der Waals surface area contributed by atoms with Crippen LogP contribution in [0.2, 0.25) is 0 Å². The van der Waals surface area contributed by atoms with E-state index in [0.29, 0.717) is 28.9 Å². The summed E-state index contributed by atoms with van der Waals surface area (Å²) in [5.74, 6) is -0.782. The molecule has 2 N–H and O–H groups in total. The van der Waals surface area contributed by atoms with Gasteiger partial charge >= 0.3 is 5.97 Å². The lowest BCUT2D eigenvalue weighted by Crippen LogP contribution is -2.01. The normalized spacial score (nSPS) is 10.4. The Morgan fingerprint density at radius 3 is 2.68 bits per heavy atom. The van der Waals surface area contributed by atoms with Crippen LogP contribution in [0, 0.1) is 6.92 Å². The van der Waals surface area contributed by atoms with E-state index in [2.05, 4.69) is 0 Å². The topological polar surface area (TPSA) is 79.9 Å². The molecule has 0 amide bonds. The van der Waals surface area contributed by atoms with Crippen molar-refractivity contribution in [3.63, 3.8) is 0 Å². The third-order valence-electron chi connectivity index (χ3n) is 2.94. The average Bonchev–Trinajstić information content (AvgIpc) is 2.82. The van der Waals surface area contributed by atoms with E-state index in [0.717, 1.165) is 0 Å². The molecule has 100 valence electrons. The highest BCUT2D eigenvalue weighted by atomic mass is 16.5. The fraction of sp³-hybridized carbons (Fsp3) is 0.214. The zero-order valence-corrected chi connectivity index (χ0v) is 10.6. The number of aryl methyl sites for hydroxylation is 1. The molecule has 1 heterocycles. The first kappa shape index (κ1) is 13.0. The molecule has 0 aliphatic rings. The molecule has 0 fully saturated rings.